The molecule has 0 bridgehead atoms. The van der Waals surface area contributed by atoms with Crippen molar-refractivity contribution in [3.63, 3.8) is 0 Å². The fraction of sp³-hybridized carbons (Fsp3) is 0.500. The van der Waals surface area contributed by atoms with Crippen LogP contribution >= 0.6 is 27.3 Å². The minimum Gasteiger partial charge on any atom is -0.394 e. The molecule has 1 aromatic heterocycles. The van der Waals surface area contributed by atoms with E-state index in [-0.39, 0.29) is 12.5 Å². The van der Waals surface area contributed by atoms with E-state index in [4.69, 9.17) is 5.11 Å². The monoisotopic (exact) mass is 291 g/mol. The van der Waals surface area contributed by atoms with E-state index >= 15 is 0 Å². The number of amides is 1. The highest BCUT2D eigenvalue weighted by Gasteiger charge is 2.27. The molecule has 0 spiro atoms. The van der Waals surface area contributed by atoms with Gasteiger partial charge in [-0.2, -0.15) is 0 Å². The molecule has 0 fully saturated rings. The van der Waals surface area contributed by atoms with Gasteiger partial charge >= 0.3 is 0 Å². The van der Waals surface area contributed by atoms with Crippen LogP contribution in [0.25, 0.3) is 0 Å². The van der Waals surface area contributed by atoms with Crippen LogP contribution in [0.1, 0.15) is 24.2 Å². The topological polar surface area (TPSA) is 40.5 Å². The van der Waals surface area contributed by atoms with Gasteiger partial charge in [0.1, 0.15) is 0 Å². The highest BCUT2D eigenvalue weighted by atomic mass is 79.9. The lowest BCUT2D eigenvalue weighted by molar-refractivity contribution is 0.0473. The van der Waals surface area contributed by atoms with Gasteiger partial charge in [0.25, 0.3) is 5.91 Å². The third-order valence-corrected chi connectivity index (χ3v) is 3.92. The molecule has 0 saturated carbocycles. The first-order valence-electron chi connectivity index (χ1n) is 4.51. The molecule has 3 nitrogen and oxygen atoms in total. The standard InChI is InChI=1S/C10H14BrNO2S/c1-10(2,6-13)12(3)9(14)7-4-8(11)15-5-7/h4-5,13H,6H2,1-3H3. The van der Waals surface area contributed by atoms with E-state index in [2.05, 4.69) is 15.9 Å². The number of nitrogens with zero attached hydrogens (tertiary/aromatic N) is 1. The van der Waals surface area contributed by atoms with Crippen LogP contribution in [0.5, 0.6) is 0 Å². The van der Waals surface area contributed by atoms with Crippen molar-refractivity contribution in [2.75, 3.05) is 13.7 Å². The zero-order chi connectivity index (χ0) is 11.6. The van der Waals surface area contributed by atoms with Crippen LogP contribution in [0.15, 0.2) is 15.2 Å². The van der Waals surface area contributed by atoms with Gasteiger partial charge < -0.3 is 10.0 Å². The molecule has 0 unspecified atom stereocenters. The number of halogens is 1. The Balaban J connectivity index is 2.86. The first kappa shape index (κ1) is 12.7. The second kappa shape index (κ2) is 4.63. The van der Waals surface area contributed by atoms with Crippen molar-refractivity contribution in [1.82, 2.24) is 4.90 Å². The molecule has 1 rings (SSSR count). The zero-order valence-electron chi connectivity index (χ0n) is 8.95. The summed E-state index contributed by atoms with van der Waals surface area (Å²) < 4.78 is 0.932. The second-order valence-electron chi connectivity index (χ2n) is 3.97. The Morgan fingerprint density at radius 2 is 2.27 bits per heavy atom. The molecule has 0 atom stereocenters. The molecule has 0 aliphatic carbocycles. The van der Waals surface area contributed by atoms with Crippen LogP contribution in [0.3, 0.4) is 0 Å². The third-order valence-electron chi connectivity index (χ3n) is 2.41. The van der Waals surface area contributed by atoms with E-state index in [0.717, 1.165) is 3.79 Å². The maximum absolute atomic E-state index is 12.0. The molecule has 0 aliphatic rings. The van der Waals surface area contributed by atoms with E-state index in [9.17, 15) is 4.79 Å². The van der Waals surface area contributed by atoms with Crippen LogP contribution in [0.2, 0.25) is 0 Å². The predicted octanol–water partition coefficient (Wildman–Crippen LogP) is 2.35. The first-order valence-corrected chi connectivity index (χ1v) is 6.19. The van der Waals surface area contributed by atoms with Gasteiger partial charge in [-0.1, -0.05) is 0 Å². The van der Waals surface area contributed by atoms with Crippen molar-refractivity contribution < 1.29 is 9.90 Å². The summed E-state index contributed by atoms with van der Waals surface area (Å²) in [4.78, 5) is 13.5. The molecule has 1 aromatic rings. The number of aliphatic hydroxyl groups is 1. The number of carbonyl (C=O) groups is 1. The Bertz CT molecular complexity index is 362. The lowest BCUT2D eigenvalue weighted by Gasteiger charge is -2.33. The Morgan fingerprint density at radius 3 is 2.67 bits per heavy atom. The average molecular weight is 292 g/mol. The van der Waals surface area contributed by atoms with Gasteiger partial charge in [-0.25, -0.2) is 0 Å². The molecule has 0 aliphatic heterocycles. The third kappa shape index (κ3) is 2.80. The largest absolute Gasteiger partial charge is 0.394 e. The molecule has 15 heavy (non-hydrogen) atoms. The summed E-state index contributed by atoms with van der Waals surface area (Å²) in [5.74, 6) is -0.0731. The normalized spacial score (nSPS) is 11.5. The van der Waals surface area contributed by atoms with Gasteiger partial charge in [0.05, 0.1) is 21.5 Å². The van der Waals surface area contributed by atoms with Crippen LogP contribution < -0.4 is 0 Å². The van der Waals surface area contributed by atoms with E-state index in [0.29, 0.717) is 5.56 Å². The van der Waals surface area contributed by atoms with E-state index in [1.807, 2.05) is 13.8 Å². The second-order valence-corrected chi connectivity index (χ2v) is 6.26. The molecule has 0 aromatic carbocycles. The minimum atomic E-state index is -0.536. The van der Waals surface area contributed by atoms with Gasteiger partial charge in [-0.15, -0.1) is 11.3 Å². The van der Waals surface area contributed by atoms with Gasteiger partial charge in [-0.05, 0) is 35.8 Å². The Morgan fingerprint density at radius 1 is 1.67 bits per heavy atom. The summed E-state index contributed by atoms with van der Waals surface area (Å²) in [7, 11) is 1.70. The van der Waals surface area contributed by atoms with Crippen molar-refractivity contribution in [3.05, 3.63) is 20.8 Å². The predicted molar refractivity (Wildman–Crippen MR) is 65.3 cm³/mol. The average Bonchev–Trinajstić information content (AvgIpc) is 2.62. The molecular formula is C10H14BrNO2S. The smallest absolute Gasteiger partial charge is 0.255 e. The maximum atomic E-state index is 12.0. The number of rotatable bonds is 3. The number of carbonyl (C=O) groups excluding carboxylic acids is 1. The molecule has 84 valence electrons. The maximum Gasteiger partial charge on any atom is 0.255 e. The Kier molecular flexibility index (Phi) is 3.92. The summed E-state index contributed by atoms with van der Waals surface area (Å²) >= 11 is 4.79. The van der Waals surface area contributed by atoms with Crippen LogP contribution in [-0.2, 0) is 0 Å². The van der Waals surface area contributed by atoms with Crippen molar-refractivity contribution in [2.45, 2.75) is 19.4 Å². The SMILES string of the molecule is CN(C(=O)c1csc(Br)c1)C(C)(C)CO. The van der Waals surface area contributed by atoms with Gasteiger partial charge in [0.2, 0.25) is 0 Å². The highest BCUT2D eigenvalue weighted by molar-refractivity contribution is 9.11. The number of likely N-dealkylation sites (N-methyl/N-ethyl adjacent to an activating group) is 1. The number of hydrogen-bond donors (Lipinski definition) is 1. The van der Waals surface area contributed by atoms with Gasteiger partial charge in [0.15, 0.2) is 0 Å². The van der Waals surface area contributed by atoms with Crippen LogP contribution in [0.4, 0.5) is 0 Å². The van der Waals surface area contributed by atoms with Gasteiger partial charge in [0, 0.05) is 12.4 Å². The lowest BCUT2D eigenvalue weighted by atomic mass is 10.0. The van der Waals surface area contributed by atoms with Crippen molar-refractivity contribution in [3.8, 4) is 0 Å². The summed E-state index contributed by atoms with van der Waals surface area (Å²) in [5, 5.41) is 11.0. The molecular weight excluding hydrogens is 278 g/mol. The molecule has 1 N–H and O–H groups in total. The van der Waals surface area contributed by atoms with Gasteiger partial charge in [-0.3, -0.25) is 4.79 Å². The Hall–Kier alpha value is -0.390. The molecule has 1 heterocycles. The van der Waals surface area contributed by atoms with Crippen molar-refractivity contribution >= 4 is 33.2 Å². The summed E-state index contributed by atoms with van der Waals surface area (Å²) in [6, 6.07) is 1.79. The summed E-state index contributed by atoms with van der Waals surface area (Å²) in [6.45, 7) is 3.60. The quantitative estimate of drug-likeness (QED) is 0.929. The fourth-order valence-electron chi connectivity index (χ4n) is 0.997. The van der Waals surface area contributed by atoms with Crippen molar-refractivity contribution in [1.29, 1.82) is 0 Å². The molecule has 1 amide bonds. The van der Waals surface area contributed by atoms with E-state index in [1.54, 1.807) is 23.4 Å². The van der Waals surface area contributed by atoms with Crippen LogP contribution in [0, 0.1) is 0 Å². The summed E-state index contributed by atoms with van der Waals surface area (Å²) in [5.41, 5.74) is 0.113. The summed E-state index contributed by atoms with van der Waals surface area (Å²) in [6.07, 6.45) is 0. The number of thiophene rings is 1. The highest BCUT2D eigenvalue weighted by Crippen LogP contribution is 2.23. The number of aliphatic hydroxyl groups excluding tert-OH is 1. The van der Waals surface area contributed by atoms with Crippen LogP contribution in [-0.4, -0.2) is 35.1 Å². The molecule has 5 heteroatoms. The van der Waals surface area contributed by atoms with Crippen molar-refractivity contribution in [2.24, 2.45) is 0 Å². The van der Waals surface area contributed by atoms with E-state index < -0.39 is 5.54 Å². The van der Waals surface area contributed by atoms with E-state index in [1.165, 1.54) is 11.3 Å². The molecule has 0 radical (unpaired) electrons. The zero-order valence-corrected chi connectivity index (χ0v) is 11.4. The Labute approximate surface area is 102 Å². The fourth-order valence-corrected chi connectivity index (χ4v) is 2.13. The minimum absolute atomic E-state index is 0.0550. The first-order chi connectivity index (χ1) is 6.88. The molecule has 0 saturated heterocycles. The number of hydrogen-bond acceptors (Lipinski definition) is 3. The lowest BCUT2D eigenvalue weighted by Crippen LogP contribution is -2.47.